The van der Waals surface area contributed by atoms with Crippen molar-refractivity contribution in [1.82, 2.24) is 0 Å². The predicted molar refractivity (Wildman–Crippen MR) is 65.8 cm³/mol. The molecule has 0 fully saturated rings. The van der Waals surface area contributed by atoms with Gasteiger partial charge in [-0.05, 0) is 6.07 Å². The highest BCUT2D eigenvalue weighted by molar-refractivity contribution is 5.95. The fourth-order valence-electron chi connectivity index (χ4n) is 1.21. The van der Waals surface area contributed by atoms with Crippen LogP contribution in [0.15, 0.2) is 36.1 Å². The topological polar surface area (TPSA) is 105 Å². The molecule has 106 valence electrons. The number of nitrogens with zero attached hydrogens (tertiary/aromatic N) is 1. The van der Waals surface area contributed by atoms with E-state index in [2.05, 4.69) is 9.47 Å². The van der Waals surface area contributed by atoms with Crippen LogP contribution in [0.3, 0.4) is 0 Å². The first-order valence-electron chi connectivity index (χ1n) is 5.28. The van der Waals surface area contributed by atoms with Crippen LogP contribution < -0.4 is 4.74 Å². The molecule has 0 aliphatic heterocycles. The molecule has 0 atom stereocenters. The summed E-state index contributed by atoms with van der Waals surface area (Å²) in [4.78, 5) is 32.7. The van der Waals surface area contributed by atoms with E-state index in [-0.39, 0.29) is 11.4 Å². The molecule has 20 heavy (non-hydrogen) atoms. The van der Waals surface area contributed by atoms with Crippen molar-refractivity contribution in [3.05, 3.63) is 46.2 Å². The van der Waals surface area contributed by atoms with Gasteiger partial charge in [-0.25, -0.2) is 9.59 Å². The molecule has 0 aliphatic rings. The van der Waals surface area contributed by atoms with E-state index in [0.29, 0.717) is 0 Å². The normalized spacial score (nSPS) is 10.6. The molecule has 8 nitrogen and oxygen atoms in total. The van der Waals surface area contributed by atoms with Crippen LogP contribution in [0.4, 0.5) is 5.69 Å². The Balaban J connectivity index is 3.14. The minimum atomic E-state index is -0.964. The van der Waals surface area contributed by atoms with E-state index >= 15 is 0 Å². The molecule has 1 aromatic rings. The molecule has 1 rings (SSSR count). The van der Waals surface area contributed by atoms with Crippen LogP contribution in [0.1, 0.15) is 0 Å². The smallest absolute Gasteiger partial charge is 0.374 e. The molecular weight excluding hydrogens is 270 g/mol. The fraction of sp³-hybridized carbons (Fsp3) is 0.167. The van der Waals surface area contributed by atoms with Crippen molar-refractivity contribution in [2.75, 3.05) is 14.2 Å². The molecule has 0 radical (unpaired) electrons. The first kappa shape index (κ1) is 15.2. The third kappa shape index (κ3) is 3.80. The predicted octanol–water partition coefficient (Wildman–Crippen LogP) is 1.20. The summed E-state index contributed by atoms with van der Waals surface area (Å²) in [5.41, 5.74) is -0.354. The molecule has 8 heteroatoms. The summed E-state index contributed by atoms with van der Waals surface area (Å²) in [6, 6.07) is 5.40. The third-order valence-corrected chi connectivity index (χ3v) is 2.12. The van der Waals surface area contributed by atoms with Gasteiger partial charge in [-0.2, -0.15) is 0 Å². The van der Waals surface area contributed by atoms with Crippen LogP contribution in [-0.4, -0.2) is 31.1 Å². The quantitative estimate of drug-likeness (QED) is 0.262. The van der Waals surface area contributed by atoms with E-state index < -0.39 is 22.6 Å². The molecule has 0 N–H and O–H groups in total. The maximum atomic E-state index is 11.5. The summed E-state index contributed by atoms with van der Waals surface area (Å²) in [6.45, 7) is 0. The number of hydrogen-bond acceptors (Lipinski definition) is 7. The SMILES string of the molecule is COC(=O)C=C(Oc1ccccc1[N+](=O)[O-])C(=O)OC. The molecule has 0 unspecified atom stereocenters. The Morgan fingerprint density at radius 1 is 1.20 bits per heavy atom. The number of benzene rings is 1. The number of hydrogen-bond donors (Lipinski definition) is 0. The minimum Gasteiger partial charge on any atom is -0.466 e. The highest BCUT2D eigenvalue weighted by Gasteiger charge is 2.20. The van der Waals surface area contributed by atoms with Gasteiger partial charge in [-0.1, -0.05) is 12.1 Å². The highest BCUT2D eigenvalue weighted by atomic mass is 16.6. The lowest BCUT2D eigenvalue weighted by Crippen LogP contribution is -2.14. The van der Waals surface area contributed by atoms with Gasteiger partial charge < -0.3 is 14.2 Å². The number of nitro groups is 1. The number of carbonyl (C=O) groups is 2. The summed E-state index contributed by atoms with van der Waals surface area (Å²) in [5.74, 6) is -2.54. The van der Waals surface area contributed by atoms with E-state index in [9.17, 15) is 19.7 Å². The van der Waals surface area contributed by atoms with Crippen LogP contribution in [-0.2, 0) is 19.1 Å². The van der Waals surface area contributed by atoms with Crippen LogP contribution in [0.2, 0.25) is 0 Å². The average molecular weight is 281 g/mol. The molecule has 0 saturated carbocycles. The molecule has 0 amide bonds. The van der Waals surface area contributed by atoms with Gasteiger partial charge in [0.25, 0.3) is 0 Å². The number of nitro benzene ring substituents is 1. The Morgan fingerprint density at radius 3 is 2.40 bits per heavy atom. The van der Waals surface area contributed by atoms with E-state index in [1.165, 1.54) is 24.3 Å². The Hall–Kier alpha value is -2.90. The zero-order chi connectivity index (χ0) is 15.1. The van der Waals surface area contributed by atoms with E-state index in [1.54, 1.807) is 0 Å². The maximum Gasteiger partial charge on any atom is 0.374 e. The molecule has 0 aliphatic carbocycles. The lowest BCUT2D eigenvalue weighted by atomic mass is 10.3. The molecule has 1 aromatic carbocycles. The first-order valence-corrected chi connectivity index (χ1v) is 5.28. The summed E-state index contributed by atoms with van der Waals surface area (Å²) >= 11 is 0. The Kier molecular flexibility index (Phi) is 5.21. The van der Waals surface area contributed by atoms with Gasteiger partial charge in [0, 0.05) is 6.07 Å². The Labute approximate surface area is 113 Å². The van der Waals surface area contributed by atoms with Gasteiger partial charge in [0.2, 0.25) is 11.5 Å². The largest absolute Gasteiger partial charge is 0.466 e. The van der Waals surface area contributed by atoms with Crippen LogP contribution in [0.25, 0.3) is 0 Å². The fourth-order valence-corrected chi connectivity index (χ4v) is 1.21. The number of ether oxygens (including phenoxy) is 3. The van der Waals surface area contributed by atoms with Crippen molar-refractivity contribution in [2.24, 2.45) is 0 Å². The van der Waals surface area contributed by atoms with Gasteiger partial charge in [-0.15, -0.1) is 0 Å². The summed E-state index contributed by atoms with van der Waals surface area (Å²) < 4.78 is 13.9. The van der Waals surface area contributed by atoms with Gasteiger partial charge in [-0.3, -0.25) is 10.1 Å². The molecule has 0 bridgehead atoms. The number of carbonyl (C=O) groups excluding carboxylic acids is 2. The Bertz CT molecular complexity index is 565. The molecule has 0 heterocycles. The molecular formula is C12H11NO7. The van der Waals surface area contributed by atoms with Crippen molar-refractivity contribution >= 4 is 17.6 Å². The standard InChI is InChI=1S/C12H11NO7/c1-18-11(14)7-10(12(15)19-2)20-9-6-4-3-5-8(9)13(16)17/h3-7H,1-2H3. The highest BCUT2D eigenvalue weighted by Crippen LogP contribution is 2.27. The van der Waals surface area contributed by atoms with Gasteiger partial charge in [0.15, 0.2) is 0 Å². The zero-order valence-electron chi connectivity index (χ0n) is 10.7. The van der Waals surface area contributed by atoms with Crippen molar-refractivity contribution in [3.63, 3.8) is 0 Å². The lowest BCUT2D eigenvalue weighted by Gasteiger charge is -2.08. The molecule has 0 saturated heterocycles. The number of rotatable bonds is 5. The van der Waals surface area contributed by atoms with Crippen molar-refractivity contribution in [3.8, 4) is 5.75 Å². The lowest BCUT2D eigenvalue weighted by molar-refractivity contribution is -0.385. The van der Waals surface area contributed by atoms with E-state index in [0.717, 1.165) is 20.3 Å². The second kappa shape index (κ2) is 6.88. The van der Waals surface area contributed by atoms with E-state index in [4.69, 9.17) is 4.74 Å². The van der Waals surface area contributed by atoms with Gasteiger partial charge >= 0.3 is 17.6 Å². The monoisotopic (exact) mass is 281 g/mol. The zero-order valence-corrected chi connectivity index (χ0v) is 10.7. The minimum absolute atomic E-state index is 0.196. The number of para-hydroxylation sites is 2. The average Bonchev–Trinajstić information content (AvgIpc) is 2.45. The number of esters is 2. The Morgan fingerprint density at radius 2 is 1.85 bits per heavy atom. The summed E-state index contributed by atoms with van der Waals surface area (Å²) in [7, 11) is 2.19. The maximum absolute atomic E-state index is 11.5. The van der Waals surface area contributed by atoms with Crippen molar-refractivity contribution in [2.45, 2.75) is 0 Å². The summed E-state index contributed by atoms with van der Waals surface area (Å²) in [6.07, 6.45) is 0.739. The molecule has 0 aromatic heterocycles. The van der Waals surface area contributed by atoms with Crippen LogP contribution in [0, 0.1) is 10.1 Å². The van der Waals surface area contributed by atoms with Gasteiger partial charge in [0.05, 0.1) is 25.2 Å². The first-order chi connectivity index (χ1) is 9.49. The second-order valence-electron chi connectivity index (χ2n) is 3.35. The summed E-state index contributed by atoms with van der Waals surface area (Å²) in [5, 5.41) is 10.8. The number of methoxy groups -OCH3 is 2. The second-order valence-corrected chi connectivity index (χ2v) is 3.35. The van der Waals surface area contributed by atoms with Crippen molar-refractivity contribution in [1.29, 1.82) is 0 Å². The third-order valence-electron chi connectivity index (χ3n) is 2.12. The van der Waals surface area contributed by atoms with Crippen molar-refractivity contribution < 1.29 is 28.7 Å². The van der Waals surface area contributed by atoms with Crippen LogP contribution in [0.5, 0.6) is 5.75 Å². The van der Waals surface area contributed by atoms with E-state index in [1.807, 2.05) is 0 Å². The van der Waals surface area contributed by atoms with Gasteiger partial charge in [0.1, 0.15) is 0 Å². The molecule has 0 spiro atoms. The van der Waals surface area contributed by atoms with Crippen LogP contribution >= 0.6 is 0 Å².